The number of anilines is 1. The summed E-state index contributed by atoms with van der Waals surface area (Å²) in [4.78, 5) is 13.8. The summed E-state index contributed by atoms with van der Waals surface area (Å²) in [7, 11) is 4.85. The molecular formula is C28H41NO5. The summed E-state index contributed by atoms with van der Waals surface area (Å²) in [6.45, 7) is 8.40. The number of amides is 1. The van der Waals surface area contributed by atoms with Crippen molar-refractivity contribution >= 4 is 11.6 Å². The molecule has 2 aromatic carbocycles. The molecule has 2 N–H and O–H groups in total. The van der Waals surface area contributed by atoms with Crippen LogP contribution in [-0.2, 0) is 11.4 Å². The van der Waals surface area contributed by atoms with Crippen molar-refractivity contribution in [2.24, 2.45) is 11.3 Å². The van der Waals surface area contributed by atoms with Gasteiger partial charge in [-0.1, -0.05) is 59.1 Å². The predicted octanol–water partition coefficient (Wildman–Crippen LogP) is 6.17. The Morgan fingerprint density at radius 3 is 2.18 bits per heavy atom. The number of rotatable bonds is 12. The highest BCUT2D eigenvalue weighted by Gasteiger charge is 2.40. The molecule has 188 valence electrons. The number of hydrogen-bond acceptors (Lipinski definition) is 5. The minimum absolute atomic E-state index is 0.0547. The van der Waals surface area contributed by atoms with Crippen molar-refractivity contribution in [3.8, 4) is 17.2 Å². The summed E-state index contributed by atoms with van der Waals surface area (Å²) in [6, 6.07) is 11.1. The molecule has 0 aliphatic heterocycles. The van der Waals surface area contributed by atoms with E-state index in [-0.39, 0.29) is 29.8 Å². The molecular weight excluding hydrogens is 430 g/mol. The third-order valence-corrected chi connectivity index (χ3v) is 6.25. The molecule has 2 aromatic rings. The molecule has 2 atom stereocenters. The topological polar surface area (TPSA) is 77.0 Å². The molecule has 2 unspecified atom stereocenters. The van der Waals surface area contributed by atoms with E-state index in [0.717, 1.165) is 36.8 Å². The normalized spacial score (nSPS) is 13.2. The molecule has 0 fully saturated rings. The highest BCUT2D eigenvalue weighted by molar-refractivity contribution is 5.94. The van der Waals surface area contributed by atoms with Crippen molar-refractivity contribution in [1.29, 1.82) is 0 Å². The average molecular weight is 472 g/mol. The third-order valence-electron chi connectivity index (χ3n) is 6.25. The SMILES string of the molecule is CCCCCC(c1cc(OC)c(OC)cc1OC)C(C(=O)Nc1cccc(CO)c1)C(C)(C)C. The van der Waals surface area contributed by atoms with E-state index in [1.807, 2.05) is 30.3 Å². The van der Waals surface area contributed by atoms with E-state index in [1.54, 1.807) is 27.4 Å². The maximum absolute atomic E-state index is 13.8. The van der Waals surface area contributed by atoms with E-state index in [9.17, 15) is 9.90 Å². The highest BCUT2D eigenvalue weighted by atomic mass is 16.5. The number of aliphatic hydroxyl groups is 1. The van der Waals surface area contributed by atoms with Gasteiger partial charge in [0, 0.05) is 17.3 Å². The van der Waals surface area contributed by atoms with Gasteiger partial charge in [0.2, 0.25) is 5.91 Å². The minimum atomic E-state index is -0.339. The van der Waals surface area contributed by atoms with E-state index in [0.29, 0.717) is 22.9 Å². The van der Waals surface area contributed by atoms with Crippen LogP contribution in [0.4, 0.5) is 5.69 Å². The zero-order valence-corrected chi connectivity index (χ0v) is 21.7. The number of nitrogens with one attached hydrogen (secondary N) is 1. The van der Waals surface area contributed by atoms with Gasteiger partial charge >= 0.3 is 0 Å². The lowest BCUT2D eigenvalue weighted by molar-refractivity contribution is -0.124. The maximum Gasteiger partial charge on any atom is 0.228 e. The zero-order valence-electron chi connectivity index (χ0n) is 21.7. The number of methoxy groups -OCH3 is 3. The van der Waals surface area contributed by atoms with Gasteiger partial charge in [-0.25, -0.2) is 0 Å². The first-order valence-corrected chi connectivity index (χ1v) is 12.0. The molecule has 34 heavy (non-hydrogen) atoms. The molecule has 0 heterocycles. The summed E-state index contributed by atoms with van der Waals surface area (Å²) < 4.78 is 16.8. The van der Waals surface area contributed by atoms with Crippen LogP contribution >= 0.6 is 0 Å². The Labute approximate surface area is 204 Å². The maximum atomic E-state index is 13.8. The van der Waals surface area contributed by atoms with Gasteiger partial charge < -0.3 is 24.6 Å². The molecule has 6 heteroatoms. The summed E-state index contributed by atoms with van der Waals surface area (Å²) >= 11 is 0. The molecule has 0 bridgehead atoms. The second kappa shape index (κ2) is 12.7. The van der Waals surface area contributed by atoms with Crippen molar-refractivity contribution in [1.82, 2.24) is 0 Å². The van der Waals surface area contributed by atoms with Crippen LogP contribution in [0.2, 0.25) is 0 Å². The Morgan fingerprint density at radius 2 is 1.62 bits per heavy atom. The largest absolute Gasteiger partial charge is 0.496 e. The van der Waals surface area contributed by atoms with Crippen molar-refractivity contribution in [2.75, 3.05) is 26.6 Å². The van der Waals surface area contributed by atoms with Gasteiger partial charge in [-0.15, -0.1) is 0 Å². The van der Waals surface area contributed by atoms with E-state index in [4.69, 9.17) is 14.2 Å². The molecule has 2 rings (SSSR count). The Morgan fingerprint density at radius 1 is 0.971 bits per heavy atom. The molecule has 0 radical (unpaired) electrons. The van der Waals surface area contributed by atoms with Crippen LogP contribution in [-0.4, -0.2) is 32.3 Å². The minimum Gasteiger partial charge on any atom is -0.496 e. The Kier molecular flexibility index (Phi) is 10.2. The van der Waals surface area contributed by atoms with Crippen LogP contribution in [0, 0.1) is 11.3 Å². The molecule has 0 aliphatic rings. The zero-order chi connectivity index (χ0) is 25.3. The van der Waals surface area contributed by atoms with Gasteiger partial charge in [-0.3, -0.25) is 4.79 Å². The number of carbonyl (C=O) groups excluding carboxylic acids is 1. The lowest BCUT2D eigenvalue weighted by Crippen LogP contribution is -2.38. The number of carbonyl (C=O) groups is 1. The lowest BCUT2D eigenvalue weighted by Gasteiger charge is -2.37. The van der Waals surface area contributed by atoms with Gasteiger partial charge in [0.25, 0.3) is 0 Å². The quantitative estimate of drug-likeness (QED) is 0.362. The molecule has 0 spiro atoms. The van der Waals surface area contributed by atoms with Crippen LogP contribution in [0.25, 0.3) is 0 Å². The van der Waals surface area contributed by atoms with Crippen molar-refractivity contribution in [3.05, 3.63) is 47.5 Å². The van der Waals surface area contributed by atoms with Crippen LogP contribution in [0.15, 0.2) is 36.4 Å². The van der Waals surface area contributed by atoms with Crippen LogP contribution in [0.5, 0.6) is 17.2 Å². The van der Waals surface area contributed by atoms with Crippen LogP contribution < -0.4 is 19.5 Å². The van der Waals surface area contributed by atoms with E-state index >= 15 is 0 Å². The van der Waals surface area contributed by atoms with Crippen LogP contribution in [0.1, 0.15) is 70.4 Å². The Hall–Kier alpha value is -2.73. The summed E-state index contributed by atoms with van der Waals surface area (Å²) in [5.41, 5.74) is 2.05. The second-order valence-corrected chi connectivity index (χ2v) is 9.74. The fourth-order valence-corrected chi connectivity index (χ4v) is 4.61. The van der Waals surface area contributed by atoms with E-state index < -0.39 is 0 Å². The molecule has 0 aromatic heterocycles. The van der Waals surface area contributed by atoms with Crippen molar-refractivity contribution in [2.45, 2.75) is 65.9 Å². The Bertz CT molecular complexity index is 935. The first-order valence-electron chi connectivity index (χ1n) is 12.0. The van der Waals surface area contributed by atoms with E-state index in [1.165, 1.54) is 0 Å². The molecule has 0 saturated heterocycles. The van der Waals surface area contributed by atoms with Gasteiger partial charge in [0.15, 0.2) is 11.5 Å². The standard InChI is InChI=1S/C28H41NO5/c1-8-9-10-14-21(22-16-24(33-6)25(34-7)17-23(22)32-5)26(28(2,3)4)27(31)29-20-13-11-12-19(15-20)18-30/h11-13,15-17,21,26,30H,8-10,14,18H2,1-7H3,(H,29,31). The smallest absolute Gasteiger partial charge is 0.228 e. The van der Waals surface area contributed by atoms with Gasteiger partial charge in [-0.2, -0.15) is 0 Å². The van der Waals surface area contributed by atoms with Crippen molar-refractivity contribution < 1.29 is 24.1 Å². The summed E-state index contributed by atoms with van der Waals surface area (Å²) in [5.74, 6) is 1.40. The lowest BCUT2D eigenvalue weighted by atomic mass is 9.68. The highest BCUT2D eigenvalue weighted by Crippen LogP contribution is 2.47. The van der Waals surface area contributed by atoms with Gasteiger partial charge in [0.05, 0.1) is 33.9 Å². The molecule has 0 saturated carbocycles. The number of ether oxygens (including phenoxy) is 3. The van der Waals surface area contributed by atoms with Crippen molar-refractivity contribution in [3.63, 3.8) is 0 Å². The van der Waals surface area contributed by atoms with Gasteiger partial charge in [-0.05, 0) is 41.5 Å². The average Bonchev–Trinajstić information content (AvgIpc) is 2.81. The fraction of sp³-hybridized carbons (Fsp3) is 0.536. The van der Waals surface area contributed by atoms with Crippen LogP contribution in [0.3, 0.4) is 0 Å². The molecule has 1 amide bonds. The molecule has 0 aliphatic carbocycles. The summed E-state index contributed by atoms with van der Waals surface area (Å²) in [5, 5.41) is 12.6. The number of benzene rings is 2. The Balaban J connectivity index is 2.58. The van der Waals surface area contributed by atoms with Gasteiger partial charge in [0.1, 0.15) is 5.75 Å². The number of unbranched alkanes of at least 4 members (excludes halogenated alkanes) is 2. The first-order chi connectivity index (χ1) is 16.2. The monoisotopic (exact) mass is 471 g/mol. The van der Waals surface area contributed by atoms with E-state index in [2.05, 4.69) is 33.0 Å². The fourth-order valence-electron chi connectivity index (χ4n) is 4.61. The number of hydrogen-bond donors (Lipinski definition) is 2. The second-order valence-electron chi connectivity index (χ2n) is 9.74. The first kappa shape index (κ1) is 27.5. The molecule has 6 nitrogen and oxygen atoms in total. The predicted molar refractivity (Wildman–Crippen MR) is 137 cm³/mol. The number of aliphatic hydroxyl groups excluding tert-OH is 1. The third kappa shape index (κ3) is 6.89. The summed E-state index contributed by atoms with van der Waals surface area (Å²) in [6.07, 6.45) is 4.02.